The molecule has 1 atom stereocenters. The first kappa shape index (κ1) is 20.7. The largest absolute Gasteiger partial charge is 0.496 e. The van der Waals surface area contributed by atoms with Crippen LogP contribution in [0.25, 0.3) is 11.4 Å². The molecule has 0 saturated carbocycles. The molecule has 0 fully saturated rings. The Bertz CT molecular complexity index is 972. The minimum Gasteiger partial charge on any atom is -0.496 e. The lowest BCUT2D eigenvalue weighted by Gasteiger charge is -2.12. The standard InChI is InChI=1S/C21H24N4O3S/c1-5-28-16-12-10-15(11-13-16)22-20(26)14(2)29-21-24-23-19(25(21)3)17-8-6-7-9-18(17)27-4/h6-14H,5H2,1-4H3,(H,22,26)/t14-/m1/s1. The van der Waals surface area contributed by atoms with Crippen LogP contribution in [-0.4, -0.2) is 39.6 Å². The molecule has 1 heterocycles. The number of methoxy groups -OCH3 is 1. The normalized spacial score (nSPS) is 11.7. The van der Waals surface area contributed by atoms with Crippen LogP contribution in [-0.2, 0) is 11.8 Å². The molecule has 152 valence electrons. The van der Waals surface area contributed by atoms with Crippen molar-refractivity contribution in [1.82, 2.24) is 14.8 Å². The third kappa shape index (κ3) is 4.89. The number of carbonyl (C=O) groups excluding carboxylic acids is 1. The van der Waals surface area contributed by atoms with E-state index in [9.17, 15) is 4.79 Å². The molecular formula is C21H24N4O3S. The number of amides is 1. The van der Waals surface area contributed by atoms with Gasteiger partial charge in [0.15, 0.2) is 11.0 Å². The summed E-state index contributed by atoms with van der Waals surface area (Å²) < 4.78 is 12.7. The van der Waals surface area contributed by atoms with Gasteiger partial charge < -0.3 is 19.4 Å². The number of nitrogens with zero attached hydrogens (tertiary/aromatic N) is 3. The van der Waals surface area contributed by atoms with Crippen LogP contribution in [0.15, 0.2) is 53.7 Å². The van der Waals surface area contributed by atoms with E-state index in [0.717, 1.165) is 22.7 Å². The maximum Gasteiger partial charge on any atom is 0.237 e. The van der Waals surface area contributed by atoms with Crippen LogP contribution in [0.5, 0.6) is 11.5 Å². The third-order valence-corrected chi connectivity index (χ3v) is 5.40. The van der Waals surface area contributed by atoms with E-state index in [2.05, 4.69) is 15.5 Å². The lowest BCUT2D eigenvalue weighted by molar-refractivity contribution is -0.115. The first-order valence-corrected chi connectivity index (χ1v) is 10.1. The van der Waals surface area contributed by atoms with Crippen LogP contribution in [0, 0.1) is 0 Å². The molecule has 0 unspecified atom stereocenters. The lowest BCUT2D eigenvalue weighted by atomic mass is 10.2. The summed E-state index contributed by atoms with van der Waals surface area (Å²) in [6.07, 6.45) is 0. The molecule has 0 aliphatic rings. The number of para-hydroxylation sites is 1. The fourth-order valence-electron chi connectivity index (χ4n) is 2.74. The Labute approximate surface area is 174 Å². The summed E-state index contributed by atoms with van der Waals surface area (Å²) in [5.74, 6) is 2.07. The molecule has 0 saturated heterocycles. The van der Waals surface area contributed by atoms with Gasteiger partial charge in [-0.05, 0) is 50.2 Å². The van der Waals surface area contributed by atoms with Crippen molar-refractivity contribution in [2.75, 3.05) is 19.0 Å². The SMILES string of the molecule is CCOc1ccc(NC(=O)[C@@H](C)Sc2nnc(-c3ccccc3OC)n2C)cc1. The van der Waals surface area contributed by atoms with E-state index in [1.807, 2.05) is 74.0 Å². The predicted molar refractivity (Wildman–Crippen MR) is 115 cm³/mol. The topological polar surface area (TPSA) is 78.3 Å². The highest BCUT2D eigenvalue weighted by Crippen LogP contribution is 2.31. The molecular weight excluding hydrogens is 388 g/mol. The average Bonchev–Trinajstić information content (AvgIpc) is 3.09. The Morgan fingerprint density at radius 3 is 2.59 bits per heavy atom. The second kappa shape index (κ2) is 9.47. The minimum absolute atomic E-state index is 0.110. The van der Waals surface area contributed by atoms with Gasteiger partial charge in [0.25, 0.3) is 0 Å². The Hall–Kier alpha value is -3.00. The highest BCUT2D eigenvalue weighted by atomic mass is 32.2. The van der Waals surface area contributed by atoms with Gasteiger partial charge in [-0.25, -0.2) is 0 Å². The average molecular weight is 413 g/mol. The lowest BCUT2D eigenvalue weighted by Crippen LogP contribution is -2.22. The Morgan fingerprint density at radius 1 is 1.17 bits per heavy atom. The van der Waals surface area contributed by atoms with Crippen LogP contribution in [0.1, 0.15) is 13.8 Å². The first-order valence-electron chi connectivity index (χ1n) is 9.26. The Morgan fingerprint density at radius 2 is 1.90 bits per heavy atom. The Balaban J connectivity index is 1.68. The van der Waals surface area contributed by atoms with Crippen LogP contribution in [0.4, 0.5) is 5.69 Å². The third-order valence-electron chi connectivity index (χ3n) is 4.27. The van der Waals surface area contributed by atoms with E-state index in [-0.39, 0.29) is 11.2 Å². The van der Waals surface area contributed by atoms with Crippen molar-refractivity contribution in [3.63, 3.8) is 0 Å². The number of anilines is 1. The molecule has 8 heteroatoms. The van der Waals surface area contributed by atoms with Gasteiger partial charge in [0, 0.05) is 12.7 Å². The summed E-state index contributed by atoms with van der Waals surface area (Å²) in [7, 11) is 3.50. The number of hydrogen-bond donors (Lipinski definition) is 1. The number of benzene rings is 2. The number of hydrogen-bond acceptors (Lipinski definition) is 6. The molecule has 0 aliphatic carbocycles. The predicted octanol–water partition coefficient (Wildman–Crippen LogP) is 4.01. The van der Waals surface area contributed by atoms with Gasteiger partial charge in [-0.15, -0.1) is 10.2 Å². The number of nitrogens with one attached hydrogen (secondary N) is 1. The number of rotatable bonds is 8. The van der Waals surface area contributed by atoms with Crippen molar-refractivity contribution >= 4 is 23.4 Å². The van der Waals surface area contributed by atoms with Crippen molar-refractivity contribution in [1.29, 1.82) is 0 Å². The number of thioether (sulfide) groups is 1. The number of carbonyl (C=O) groups is 1. The summed E-state index contributed by atoms with van der Waals surface area (Å²) in [6.45, 7) is 4.38. The molecule has 2 aromatic carbocycles. The summed E-state index contributed by atoms with van der Waals surface area (Å²) in [6, 6.07) is 14.9. The fourth-order valence-corrected chi connectivity index (χ4v) is 3.55. The molecule has 0 spiro atoms. The van der Waals surface area contributed by atoms with Crippen LogP contribution >= 0.6 is 11.8 Å². The Kier molecular flexibility index (Phi) is 6.77. The second-order valence-electron chi connectivity index (χ2n) is 6.27. The molecule has 7 nitrogen and oxygen atoms in total. The van der Waals surface area contributed by atoms with Crippen LogP contribution in [0.3, 0.4) is 0 Å². The highest BCUT2D eigenvalue weighted by Gasteiger charge is 2.20. The zero-order chi connectivity index (χ0) is 20.8. The van der Waals surface area contributed by atoms with Gasteiger partial charge in [0.05, 0.1) is 24.5 Å². The minimum atomic E-state index is -0.352. The van der Waals surface area contributed by atoms with E-state index < -0.39 is 0 Å². The van der Waals surface area contributed by atoms with Gasteiger partial charge >= 0.3 is 0 Å². The van der Waals surface area contributed by atoms with Crippen LogP contribution < -0.4 is 14.8 Å². The second-order valence-corrected chi connectivity index (χ2v) is 7.58. The molecule has 3 aromatic rings. The van der Waals surface area contributed by atoms with Gasteiger partial charge in [-0.2, -0.15) is 0 Å². The maximum absolute atomic E-state index is 12.6. The summed E-state index contributed by atoms with van der Waals surface area (Å²) in [5, 5.41) is 11.8. The zero-order valence-corrected chi connectivity index (χ0v) is 17.7. The molecule has 0 bridgehead atoms. The molecule has 1 aromatic heterocycles. The van der Waals surface area contributed by atoms with E-state index in [1.165, 1.54) is 11.8 Å². The van der Waals surface area contributed by atoms with Crippen molar-refractivity contribution in [3.8, 4) is 22.9 Å². The molecule has 1 N–H and O–H groups in total. The van der Waals surface area contributed by atoms with Crippen LogP contribution in [0.2, 0.25) is 0 Å². The van der Waals surface area contributed by atoms with E-state index in [0.29, 0.717) is 17.6 Å². The van der Waals surface area contributed by atoms with Crippen molar-refractivity contribution in [2.45, 2.75) is 24.3 Å². The van der Waals surface area contributed by atoms with Crippen molar-refractivity contribution in [2.24, 2.45) is 7.05 Å². The quantitative estimate of drug-likeness (QED) is 0.563. The van der Waals surface area contributed by atoms with Crippen molar-refractivity contribution in [3.05, 3.63) is 48.5 Å². The fraction of sp³-hybridized carbons (Fsp3) is 0.286. The molecule has 29 heavy (non-hydrogen) atoms. The molecule has 0 radical (unpaired) electrons. The molecule has 0 aliphatic heterocycles. The molecule has 1 amide bonds. The summed E-state index contributed by atoms with van der Waals surface area (Å²) in [5.41, 5.74) is 1.57. The summed E-state index contributed by atoms with van der Waals surface area (Å²) >= 11 is 1.35. The van der Waals surface area contributed by atoms with Gasteiger partial charge in [0.1, 0.15) is 11.5 Å². The van der Waals surface area contributed by atoms with E-state index in [1.54, 1.807) is 7.11 Å². The highest BCUT2D eigenvalue weighted by molar-refractivity contribution is 8.00. The van der Waals surface area contributed by atoms with E-state index >= 15 is 0 Å². The molecule has 3 rings (SSSR count). The van der Waals surface area contributed by atoms with Gasteiger partial charge in [-0.1, -0.05) is 23.9 Å². The first-order chi connectivity index (χ1) is 14.0. The maximum atomic E-state index is 12.6. The number of aromatic nitrogens is 3. The number of ether oxygens (including phenoxy) is 2. The monoisotopic (exact) mass is 412 g/mol. The smallest absolute Gasteiger partial charge is 0.237 e. The van der Waals surface area contributed by atoms with Gasteiger partial charge in [-0.3, -0.25) is 4.79 Å². The van der Waals surface area contributed by atoms with E-state index in [4.69, 9.17) is 9.47 Å². The summed E-state index contributed by atoms with van der Waals surface area (Å²) in [4.78, 5) is 12.6. The van der Waals surface area contributed by atoms with Crippen molar-refractivity contribution < 1.29 is 14.3 Å². The zero-order valence-electron chi connectivity index (χ0n) is 16.9. The van der Waals surface area contributed by atoms with Gasteiger partial charge in [0.2, 0.25) is 5.91 Å².